The predicted molar refractivity (Wildman–Crippen MR) is 91.8 cm³/mol. The van der Waals surface area contributed by atoms with Gasteiger partial charge in [0, 0.05) is 26.2 Å². The van der Waals surface area contributed by atoms with E-state index >= 15 is 0 Å². The minimum atomic E-state index is -0.407. The molecule has 4 rings (SSSR count). The Bertz CT molecular complexity index is 874. The molecule has 142 valence electrons. The lowest BCUT2D eigenvalue weighted by atomic mass is 10.1. The summed E-state index contributed by atoms with van der Waals surface area (Å²) in [6.45, 7) is 2.75. The number of rotatable bonds is 3. The Morgan fingerprint density at radius 1 is 1.15 bits per heavy atom. The topological polar surface area (TPSA) is 87.9 Å². The zero-order chi connectivity index (χ0) is 19.0. The van der Waals surface area contributed by atoms with Crippen molar-refractivity contribution in [2.45, 2.75) is 13.1 Å². The molecule has 1 aromatic carbocycles. The first-order chi connectivity index (χ1) is 13.0. The molecule has 1 N–H and O–H groups in total. The monoisotopic (exact) mass is 374 g/mol. The Labute approximate surface area is 154 Å². The van der Waals surface area contributed by atoms with Crippen molar-refractivity contribution in [1.29, 1.82) is 0 Å². The van der Waals surface area contributed by atoms with Crippen LogP contribution >= 0.6 is 0 Å². The van der Waals surface area contributed by atoms with Crippen molar-refractivity contribution in [2.75, 3.05) is 32.8 Å². The van der Waals surface area contributed by atoms with Crippen LogP contribution in [0.3, 0.4) is 0 Å². The molecule has 2 aliphatic rings. The summed E-state index contributed by atoms with van der Waals surface area (Å²) in [6.07, 6.45) is 0. The van der Waals surface area contributed by atoms with Crippen LogP contribution in [0.25, 0.3) is 0 Å². The van der Waals surface area contributed by atoms with Gasteiger partial charge in [-0.15, -0.1) is 0 Å². The number of aromatic hydroxyl groups is 1. The number of morpholine rings is 1. The van der Waals surface area contributed by atoms with Gasteiger partial charge in [0.2, 0.25) is 0 Å². The average Bonchev–Trinajstić information content (AvgIpc) is 3.03. The Morgan fingerprint density at radius 2 is 1.85 bits per heavy atom. The fourth-order valence-electron chi connectivity index (χ4n) is 3.31. The van der Waals surface area contributed by atoms with E-state index in [1.165, 1.54) is 16.8 Å². The second kappa shape index (κ2) is 6.99. The molecule has 2 amide bonds. The molecule has 0 aliphatic carbocycles. The van der Waals surface area contributed by atoms with Crippen molar-refractivity contribution in [3.8, 4) is 5.75 Å². The van der Waals surface area contributed by atoms with Gasteiger partial charge in [-0.25, -0.2) is 4.39 Å². The van der Waals surface area contributed by atoms with E-state index in [1.54, 1.807) is 21.9 Å². The summed E-state index contributed by atoms with van der Waals surface area (Å²) in [5.41, 5.74) is 0.686. The van der Waals surface area contributed by atoms with E-state index in [0.717, 1.165) is 5.56 Å². The lowest BCUT2D eigenvalue weighted by Gasteiger charge is -2.27. The summed E-state index contributed by atoms with van der Waals surface area (Å²) >= 11 is 0. The molecular formula is C18H19FN4O4. The first-order valence-electron chi connectivity index (χ1n) is 8.75. The highest BCUT2D eigenvalue weighted by Crippen LogP contribution is 2.28. The number of ether oxygens (including phenoxy) is 1. The van der Waals surface area contributed by atoms with Crippen LogP contribution in [0.5, 0.6) is 5.75 Å². The number of fused-ring (bicyclic) bond motifs is 1. The Morgan fingerprint density at radius 3 is 2.56 bits per heavy atom. The Balaban J connectivity index is 1.56. The molecule has 1 saturated heterocycles. The van der Waals surface area contributed by atoms with E-state index in [2.05, 4.69) is 5.10 Å². The third kappa shape index (κ3) is 3.25. The molecule has 2 aromatic rings. The first kappa shape index (κ1) is 17.5. The standard InChI is InChI=1S/C18H19FN4O4/c19-13-3-1-12(2-4-13)11-22-5-6-23-15(18(22)26)16(24)14(20-23)17(25)21-7-9-27-10-8-21/h1-4,24H,5-11H2. The number of carbonyl (C=O) groups excluding carboxylic acids is 2. The molecule has 0 unspecified atom stereocenters. The predicted octanol–water partition coefficient (Wildman–Crippen LogP) is 0.856. The highest BCUT2D eigenvalue weighted by Gasteiger charge is 2.35. The van der Waals surface area contributed by atoms with Crippen LogP contribution in [0.2, 0.25) is 0 Å². The molecule has 3 heterocycles. The van der Waals surface area contributed by atoms with E-state index in [0.29, 0.717) is 39.4 Å². The van der Waals surface area contributed by atoms with Crippen molar-refractivity contribution in [1.82, 2.24) is 19.6 Å². The van der Waals surface area contributed by atoms with Gasteiger partial charge in [-0.2, -0.15) is 5.10 Å². The van der Waals surface area contributed by atoms with Gasteiger partial charge in [-0.3, -0.25) is 14.3 Å². The highest BCUT2D eigenvalue weighted by molar-refractivity contribution is 6.02. The van der Waals surface area contributed by atoms with Crippen LogP contribution in [0.1, 0.15) is 26.5 Å². The fraction of sp³-hybridized carbons (Fsp3) is 0.389. The third-order valence-corrected chi connectivity index (χ3v) is 4.79. The summed E-state index contributed by atoms with van der Waals surface area (Å²) in [6, 6.07) is 5.90. The Kier molecular flexibility index (Phi) is 4.53. The number of benzene rings is 1. The minimum absolute atomic E-state index is 0.0139. The molecule has 0 bridgehead atoms. The Hall–Kier alpha value is -2.94. The van der Waals surface area contributed by atoms with Crippen LogP contribution < -0.4 is 0 Å². The van der Waals surface area contributed by atoms with E-state index in [-0.39, 0.29) is 29.5 Å². The second-order valence-electron chi connectivity index (χ2n) is 6.53. The molecule has 1 aromatic heterocycles. The molecule has 8 nitrogen and oxygen atoms in total. The quantitative estimate of drug-likeness (QED) is 0.861. The minimum Gasteiger partial charge on any atom is -0.504 e. The summed E-state index contributed by atoms with van der Waals surface area (Å²) in [4.78, 5) is 28.5. The van der Waals surface area contributed by atoms with Crippen molar-refractivity contribution in [3.05, 3.63) is 47.0 Å². The van der Waals surface area contributed by atoms with Gasteiger partial charge in [0.1, 0.15) is 5.82 Å². The molecule has 0 radical (unpaired) electrons. The fourth-order valence-corrected chi connectivity index (χ4v) is 3.31. The molecule has 0 atom stereocenters. The zero-order valence-corrected chi connectivity index (χ0v) is 14.6. The second-order valence-corrected chi connectivity index (χ2v) is 6.53. The molecule has 0 saturated carbocycles. The van der Waals surface area contributed by atoms with Gasteiger partial charge in [-0.1, -0.05) is 12.1 Å². The van der Waals surface area contributed by atoms with E-state index in [1.807, 2.05) is 0 Å². The number of amides is 2. The number of hydrogen-bond acceptors (Lipinski definition) is 5. The summed E-state index contributed by atoms with van der Waals surface area (Å²) in [7, 11) is 0. The van der Waals surface area contributed by atoms with Crippen molar-refractivity contribution in [2.24, 2.45) is 0 Å². The van der Waals surface area contributed by atoms with Gasteiger partial charge in [0.15, 0.2) is 17.1 Å². The van der Waals surface area contributed by atoms with Gasteiger partial charge in [0.25, 0.3) is 11.8 Å². The molecule has 27 heavy (non-hydrogen) atoms. The number of aromatic nitrogens is 2. The van der Waals surface area contributed by atoms with E-state index < -0.39 is 11.8 Å². The SMILES string of the molecule is O=C(c1nn2c(c1O)C(=O)N(Cc1ccc(F)cc1)CC2)N1CCOCC1. The van der Waals surface area contributed by atoms with Crippen LogP contribution in [0.15, 0.2) is 24.3 Å². The summed E-state index contributed by atoms with van der Waals surface area (Å²) < 4.78 is 19.7. The van der Waals surface area contributed by atoms with Crippen LogP contribution in [-0.4, -0.2) is 69.3 Å². The molecule has 2 aliphatic heterocycles. The number of carbonyl (C=O) groups is 2. The molecular weight excluding hydrogens is 355 g/mol. The van der Waals surface area contributed by atoms with E-state index in [4.69, 9.17) is 4.74 Å². The average molecular weight is 374 g/mol. The van der Waals surface area contributed by atoms with Crippen LogP contribution in [0.4, 0.5) is 4.39 Å². The molecule has 9 heteroatoms. The third-order valence-electron chi connectivity index (χ3n) is 4.79. The molecule has 1 fully saturated rings. The lowest BCUT2D eigenvalue weighted by Crippen LogP contribution is -2.41. The van der Waals surface area contributed by atoms with Crippen molar-refractivity contribution in [3.63, 3.8) is 0 Å². The van der Waals surface area contributed by atoms with Crippen LogP contribution in [0, 0.1) is 5.82 Å². The summed E-state index contributed by atoms with van der Waals surface area (Å²) in [5, 5.41) is 14.7. The number of hydrogen-bond donors (Lipinski definition) is 1. The van der Waals surface area contributed by atoms with Crippen molar-refractivity contribution < 1.29 is 23.8 Å². The van der Waals surface area contributed by atoms with Gasteiger partial charge in [-0.05, 0) is 17.7 Å². The first-order valence-corrected chi connectivity index (χ1v) is 8.75. The van der Waals surface area contributed by atoms with Gasteiger partial charge < -0.3 is 19.6 Å². The maximum Gasteiger partial charge on any atom is 0.278 e. The maximum absolute atomic E-state index is 13.1. The number of nitrogens with zero attached hydrogens (tertiary/aromatic N) is 4. The number of halogens is 1. The lowest BCUT2D eigenvalue weighted by molar-refractivity contribution is 0.0296. The van der Waals surface area contributed by atoms with E-state index in [9.17, 15) is 19.1 Å². The van der Waals surface area contributed by atoms with Crippen molar-refractivity contribution >= 4 is 11.8 Å². The zero-order valence-electron chi connectivity index (χ0n) is 14.6. The normalized spacial score (nSPS) is 17.1. The van der Waals surface area contributed by atoms with Gasteiger partial charge in [0.05, 0.1) is 19.8 Å². The largest absolute Gasteiger partial charge is 0.504 e. The van der Waals surface area contributed by atoms with Crippen LogP contribution in [-0.2, 0) is 17.8 Å². The highest BCUT2D eigenvalue weighted by atomic mass is 19.1. The molecule has 0 spiro atoms. The summed E-state index contributed by atoms with van der Waals surface area (Å²) in [5.74, 6) is -1.54. The van der Waals surface area contributed by atoms with Gasteiger partial charge >= 0.3 is 0 Å². The maximum atomic E-state index is 13.1. The smallest absolute Gasteiger partial charge is 0.278 e.